The summed E-state index contributed by atoms with van der Waals surface area (Å²) >= 11 is 0. The van der Waals surface area contributed by atoms with Gasteiger partial charge in [-0.1, -0.05) is 107 Å². The molecule has 0 amide bonds. The van der Waals surface area contributed by atoms with Crippen molar-refractivity contribution in [1.82, 2.24) is 26.6 Å². The van der Waals surface area contributed by atoms with Crippen molar-refractivity contribution in [1.29, 1.82) is 0 Å². The molecule has 0 fully saturated rings. The summed E-state index contributed by atoms with van der Waals surface area (Å²) in [5.74, 6) is 1.46. The number of aryl methyl sites for hydroxylation is 1. The molecule has 0 radical (unpaired) electrons. The Morgan fingerprint density at radius 3 is 1.35 bits per heavy atom. The number of hydrogen-bond acceptors (Lipinski definition) is 5. The molecule has 3 aromatic rings. The van der Waals surface area contributed by atoms with Crippen molar-refractivity contribution in [3.63, 3.8) is 0 Å². The van der Waals surface area contributed by atoms with E-state index in [1.807, 2.05) is 0 Å². The smallest absolute Gasteiger partial charge is 0.0205 e. The van der Waals surface area contributed by atoms with Gasteiger partial charge in [0.25, 0.3) is 0 Å². The number of rotatable bonds is 26. The third-order valence-corrected chi connectivity index (χ3v) is 8.33. The molecule has 254 valence electrons. The van der Waals surface area contributed by atoms with E-state index in [1.165, 1.54) is 65.5 Å². The van der Waals surface area contributed by atoms with E-state index < -0.39 is 0 Å². The lowest BCUT2D eigenvalue weighted by molar-refractivity contribution is 0.524. The lowest BCUT2D eigenvalue weighted by Gasteiger charge is -2.12. The van der Waals surface area contributed by atoms with Crippen molar-refractivity contribution in [3.8, 4) is 22.3 Å². The average molecular weight is 628 g/mol. The quantitative estimate of drug-likeness (QED) is 0.0592. The minimum atomic E-state index is 0.727. The summed E-state index contributed by atoms with van der Waals surface area (Å²) in [4.78, 5) is 0. The second kappa shape index (κ2) is 23.7. The number of nitrogens with one attached hydrogen (secondary N) is 5. The Balaban J connectivity index is 1.32. The van der Waals surface area contributed by atoms with Gasteiger partial charge in [0.15, 0.2) is 0 Å². The highest BCUT2D eigenvalue weighted by Crippen LogP contribution is 2.32. The number of hydrogen-bond donors (Lipinski definition) is 5. The van der Waals surface area contributed by atoms with Gasteiger partial charge < -0.3 is 26.6 Å². The van der Waals surface area contributed by atoms with E-state index >= 15 is 0 Å². The fraction of sp³-hybridized carbons (Fsp3) is 0.561. The normalized spacial score (nSPS) is 11.6. The van der Waals surface area contributed by atoms with Gasteiger partial charge in [-0.25, -0.2) is 0 Å². The second-order valence-corrected chi connectivity index (χ2v) is 13.7. The van der Waals surface area contributed by atoms with Crippen molar-refractivity contribution in [3.05, 3.63) is 83.9 Å². The second-order valence-electron chi connectivity index (χ2n) is 13.7. The van der Waals surface area contributed by atoms with E-state index in [2.05, 4.69) is 127 Å². The van der Waals surface area contributed by atoms with Crippen LogP contribution in [0.2, 0.25) is 0 Å². The zero-order valence-corrected chi connectivity index (χ0v) is 29.6. The van der Waals surface area contributed by atoms with Crippen LogP contribution in [0.1, 0.15) is 77.3 Å². The fourth-order valence-electron chi connectivity index (χ4n) is 5.67. The molecule has 0 aromatic heterocycles. The van der Waals surface area contributed by atoms with Crippen LogP contribution in [-0.4, -0.2) is 58.9 Å². The Morgan fingerprint density at radius 1 is 0.413 bits per heavy atom. The molecular weight excluding hydrogens is 562 g/mol. The summed E-state index contributed by atoms with van der Waals surface area (Å²) in [6, 6.07) is 27.2. The first-order chi connectivity index (χ1) is 22.5. The molecule has 0 saturated carbocycles. The average Bonchev–Trinajstić information content (AvgIpc) is 3.06. The molecule has 5 heteroatoms. The third kappa shape index (κ3) is 16.3. The predicted molar refractivity (Wildman–Crippen MR) is 202 cm³/mol. The van der Waals surface area contributed by atoms with Gasteiger partial charge in [0.2, 0.25) is 0 Å². The molecular formula is C41H65N5. The molecule has 0 aliphatic carbocycles. The van der Waals surface area contributed by atoms with Crippen LogP contribution in [-0.2, 0) is 13.0 Å². The molecule has 3 rings (SSSR count). The lowest BCUT2D eigenvalue weighted by atomic mass is 9.93. The number of unbranched alkanes of at least 4 members (excludes halogenated alkanes) is 2. The van der Waals surface area contributed by atoms with Crippen molar-refractivity contribution in [2.75, 3.05) is 58.9 Å². The van der Waals surface area contributed by atoms with Crippen LogP contribution in [0.4, 0.5) is 0 Å². The monoisotopic (exact) mass is 628 g/mol. The van der Waals surface area contributed by atoms with Gasteiger partial charge in [0, 0.05) is 6.54 Å². The highest BCUT2D eigenvalue weighted by Gasteiger charge is 2.08. The molecule has 0 aliphatic heterocycles. The largest absolute Gasteiger partial charge is 0.317 e. The molecule has 0 spiro atoms. The molecule has 0 heterocycles. The molecule has 3 aromatic carbocycles. The van der Waals surface area contributed by atoms with Gasteiger partial charge in [-0.3, -0.25) is 0 Å². The highest BCUT2D eigenvalue weighted by molar-refractivity contribution is 5.83. The predicted octanol–water partition coefficient (Wildman–Crippen LogP) is 7.66. The number of benzene rings is 3. The molecule has 0 aliphatic rings. The Kier molecular flexibility index (Phi) is 19.6. The van der Waals surface area contributed by atoms with Crippen LogP contribution in [0.15, 0.2) is 72.8 Å². The maximum absolute atomic E-state index is 3.61. The van der Waals surface area contributed by atoms with Crippen LogP contribution < -0.4 is 26.6 Å². The van der Waals surface area contributed by atoms with Gasteiger partial charge in [0.1, 0.15) is 0 Å². The summed E-state index contributed by atoms with van der Waals surface area (Å²) < 4.78 is 0. The Bertz CT molecular complexity index is 1060. The van der Waals surface area contributed by atoms with Crippen LogP contribution in [0.3, 0.4) is 0 Å². The Morgan fingerprint density at radius 2 is 0.848 bits per heavy atom. The van der Waals surface area contributed by atoms with E-state index in [4.69, 9.17) is 0 Å². The van der Waals surface area contributed by atoms with Crippen molar-refractivity contribution >= 4 is 0 Å². The van der Waals surface area contributed by atoms with E-state index in [-0.39, 0.29) is 0 Å². The molecule has 0 atom stereocenters. The standard InChI is InChI=1S/C41H65N5/c1-34(2)31-44-28-10-25-42-24-9-5-6-13-36-16-20-38(21-17-36)40-14-7-8-15-41(40)39-22-18-37(19-23-39)33-46-30-12-27-43-26-11-29-45-32-35(3)4/h7-8,14-23,34-35,42-46H,5-6,9-13,24-33H2,1-4H3. The first-order valence-corrected chi connectivity index (χ1v) is 18.3. The van der Waals surface area contributed by atoms with Crippen molar-refractivity contribution in [2.45, 2.75) is 79.2 Å². The third-order valence-electron chi connectivity index (χ3n) is 8.33. The first-order valence-electron chi connectivity index (χ1n) is 18.3. The lowest BCUT2D eigenvalue weighted by Crippen LogP contribution is -2.26. The Hall–Kier alpha value is -2.54. The van der Waals surface area contributed by atoms with Gasteiger partial charge in [-0.2, -0.15) is 0 Å². The molecule has 0 bridgehead atoms. The van der Waals surface area contributed by atoms with E-state index in [1.54, 1.807) is 0 Å². The Labute approximate surface area is 282 Å². The van der Waals surface area contributed by atoms with Crippen molar-refractivity contribution in [2.24, 2.45) is 11.8 Å². The molecule has 5 N–H and O–H groups in total. The van der Waals surface area contributed by atoms with Crippen LogP contribution in [0.5, 0.6) is 0 Å². The summed E-state index contributed by atoms with van der Waals surface area (Å²) in [6.07, 6.45) is 8.50. The molecule has 5 nitrogen and oxygen atoms in total. The minimum Gasteiger partial charge on any atom is -0.317 e. The summed E-state index contributed by atoms with van der Waals surface area (Å²) in [5, 5.41) is 17.8. The first kappa shape index (κ1) is 37.9. The van der Waals surface area contributed by atoms with Crippen LogP contribution in [0, 0.1) is 11.8 Å². The highest BCUT2D eigenvalue weighted by atomic mass is 14.9. The van der Waals surface area contributed by atoms with Gasteiger partial charge >= 0.3 is 0 Å². The van der Waals surface area contributed by atoms with Crippen molar-refractivity contribution < 1.29 is 0 Å². The SMILES string of the molecule is CC(C)CNCCCNCCCCCc1ccc(-c2ccccc2-c2ccc(CNCCCNCCCNCC(C)C)cc2)cc1. The topological polar surface area (TPSA) is 60.1 Å². The zero-order valence-electron chi connectivity index (χ0n) is 29.6. The summed E-state index contributed by atoms with van der Waals surface area (Å²) in [5.41, 5.74) is 7.93. The van der Waals surface area contributed by atoms with Gasteiger partial charge in [-0.15, -0.1) is 0 Å². The maximum atomic E-state index is 3.61. The van der Waals surface area contributed by atoms with Crippen LogP contribution in [0.25, 0.3) is 22.3 Å². The fourth-order valence-corrected chi connectivity index (χ4v) is 5.67. The van der Waals surface area contributed by atoms with Gasteiger partial charge in [-0.05, 0) is 143 Å². The van der Waals surface area contributed by atoms with E-state index in [9.17, 15) is 0 Å². The summed E-state index contributed by atoms with van der Waals surface area (Å²) in [7, 11) is 0. The molecule has 0 unspecified atom stereocenters. The summed E-state index contributed by atoms with van der Waals surface area (Å²) in [6.45, 7) is 19.8. The molecule has 46 heavy (non-hydrogen) atoms. The van der Waals surface area contributed by atoms with E-state index in [0.717, 1.165) is 90.1 Å². The zero-order chi connectivity index (χ0) is 32.7. The van der Waals surface area contributed by atoms with Crippen LogP contribution >= 0.6 is 0 Å². The maximum Gasteiger partial charge on any atom is 0.0205 e. The molecule has 0 saturated heterocycles. The van der Waals surface area contributed by atoms with Gasteiger partial charge in [0.05, 0.1) is 0 Å². The van der Waals surface area contributed by atoms with E-state index in [0.29, 0.717) is 0 Å². The minimum absolute atomic E-state index is 0.727.